The highest BCUT2D eigenvalue weighted by Gasteiger charge is 2.38. The van der Waals surface area contributed by atoms with Gasteiger partial charge in [-0.05, 0) is 17.7 Å². The Morgan fingerprint density at radius 1 is 1.45 bits per heavy atom. The molecule has 0 heterocycles. The van der Waals surface area contributed by atoms with E-state index in [9.17, 15) is 22.4 Å². The summed E-state index contributed by atoms with van der Waals surface area (Å²) in [5.41, 5.74) is 0.280. The molecule has 1 unspecified atom stereocenters. The second kappa shape index (κ2) is 6.56. The molecule has 1 amide bonds. The van der Waals surface area contributed by atoms with E-state index in [1.165, 1.54) is 19.2 Å². The summed E-state index contributed by atoms with van der Waals surface area (Å²) < 4.78 is 54.0. The molecule has 20 heavy (non-hydrogen) atoms. The van der Waals surface area contributed by atoms with Crippen LogP contribution in [0.15, 0.2) is 18.2 Å². The highest BCUT2D eigenvalue weighted by atomic mass is 19.4. The number of nitrogens with one attached hydrogen (secondary N) is 1. The van der Waals surface area contributed by atoms with Gasteiger partial charge in [-0.25, -0.2) is 4.39 Å². The minimum absolute atomic E-state index is 0.00153. The zero-order chi connectivity index (χ0) is 15.3. The number of methoxy groups -OCH3 is 1. The van der Waals surface area contributed by atoms with Crippen LogP contribution in [0.5, 0.6) is 5.75 Å². The van der Waals surface area contributed by atoms with E-state index >= 15 is 0 Å². The quantitative estimate of drug-likeness (QED) is 0.808. The maximum atomic E-state index is 13.3. The number of rotatable bonds is 5. The fraction of sp³-hybridized carbons (Fsp3) is 0.417. The molecule has 1 rings (SSSR count). The van der Waals surface area contributed by atoms with E-state index in [-0.39, 0.29) is 17.7 Å². The van der Waals surface area contributed by atoms with Crippen molar-refractivity contribution < 1.29 is 32.2 Å². The molecule has 8 heteroatoms. The zero-order valence-corrected chi connectivity index (χ0v) is 10.5. The Hall–Kier alpha value is -1.83. The minimum Gasteiger partial charge on any atom is -0.494 e. The van der Waals surface area contributed by atoms with Gasteiger partial charge in [0.2, 0.25) is 5.91 Å². The molecule has 0 aliphatic carbocycles. The monoisotopic (exact) mass is 295 g/mol. The van der Waals surface area contributed by atoms with Gasteiger partial charge in [-0.1, -0.05) is 6.07 Å². The number of ether oxygens (including phenoxy) is 1. The number of benzene rings is 1. The molecule has 0 aromatic heterocycles. The maximum Gasteiger partial charge on any atom is 0.416 e. The van der Waals surface area contributed by atoms with Crippen molar-refractivity contribution in [1.82, 2.24) is 5.32 Å². The molecule has 112 valence electrons. The van der Waals surface area contributed by atoms with E-state index in [0.717, 1.165) is 6.07 Å². The van der Waals surface area contributed by atoms with Gasteiger partial charge < -0.3 is 15.2 Å². The number of carbonyl (C=O) groups is 1. The zero-order valence-electron chi connectivity index (χ0n) is 10.5. The van der Waals surface area contributed by atoms with E-state index in [0.29, 0.717) is 0 Å². The first kappa shape index (κ1) is 16.2. The van der Waals surface area contributed by atoms with Crippen molar-refractivity contribution in [3.05, 3.63) is 29.6 Å². The van der Waals surface area contributed by atoms with Crippen molar-refractivity contribution in [2.24, 2.45) is 0 Å². The Morgan fingerprint density at radius 3 is 2.60 bits per heavy atom. The molecular formula is C12H13F4NO3. The number of amides is 1. The normalized spacial score (nSPS) is 12.9. The number of halogens is 4. The molecule has 4 nitrogen and oxygen atoms in total. The molecule has 2 N–H and O–H groups in total. The fourth-order valence-corrected chi connectivity index (χ4v) is 1.39. The van der Waals surface area contributed by atoms with E-state index in [1.807, 2.05) is 5.32 Å². The summed E-state index contributed by atoms with van der Waals surface area (Å²) in [5, 5.41) is 10.6. The van der Waals surface area contributed by atoms with Crippen molar-refractivity contribution in [2.45, 2.75) is 18.7 Å². The summed E-state index contributed by atoms with van der Waals surface area (Å²) in [6.45, 7) is -0.943. The van der Waals surface area contributed by atoms with E-state index in [4.69, 9.17) is 5.11 Å². The Kier molecular flexibility index (Phi) is 5.32. The number of hydrogen-bond acceptors (Lipinski definition) is 3. The van der Waals surface area contributed by atoms with Crippen LogP contribution in [0.4, 0.5) is 17.6 Å². The van der Waals surface area contributed by atoms with Crippen molar-refractivity contribution in [2.75, 3.05) is 13.7 Å². The van der Waals surface area contributed by atoms with Gasteiger partial charge in [0.05, 0.1) is 20.1 Å². The smallest absolute Gasteiger partial charge is 0.416 e. The number of aliphatic hydroxyl groups is 1. The molecule has 1 aromatic carbocycles. The molecule has 0 aliphatic rings. The molecule has 0 radical (unpaired) electrons. The maximum absolute atomic E-state index is 13.3. The van der Waals surface area contributed by atoms with Crippen LogP contribution in [0.3, 0.4) is 0 Å². The standard InChI is InChI=1S/C12H13F4NO3/c1-20-9-3-2-7(4-8(9)13)5-11(19)17-6-10(18)12(14,15)16/h2-4,10,18H,5-6H2,1H3,(H,17,19). The molecule has 0 saturated heterocycles. The van der Waals surface area contributed by atoms with Crippen LogP contribution in [0.1, 0.15) is 5.56 Å². The van der Waals surface area contributed by atoms with Crippen LogP contribution >= 0.6 is 0 Å². The van der Waals surface area contributed by atoms with Gasteiger partial charge in [0.15, 0.2) is 17.7 Å². The first-order valence-electron chi connectivity index (χ1n) is 5.58. The molecule has 1 aromatic rings. The molecule has 0 fully saturated rings. The van der Waals surface area contributed by atoms with Crippen LogP contribution in [0.2, 0.25) is 0 Å². The van der Waals surface area contributed by atoms with Crippen LogP contribution in [0, 0.1) is 5.82 Å². The Labute approximate surface area is 112 Å². The minimum atomic E-state index is -4.79. The van der Waals surface area contributed by atoms with Gasteiger partial charge >= 0.3 is 6.18 Å². The second-order valence-electron chi connectivity index (χ2n) is 4.01. The third kappa shape index (κ3) is 4.69. The first-order valence-corrected chi connectivity index (χ1v) is 5.58. The largest absolute Gasteiger partial charge is 0.494 e. The summed E-state index contributed by atoms with van der Waals surface area (Å²) in [6.07, 6.45) is -7.72. The lowest BCUT2D eigenvalue weighted by Crippen LogP contribution is -2.41. The average Bonchev–Trinajstić information content (AvgIpc) is 2.35. The van der Waals surface area contributed by atoms with Crippen molar-refractivity contribution in [3.63, 3.8) is 0 Å². The van der Waals surface area contributed by atoms with Crippen LogP contribution in [0.25, 0.3) is 0 Å². The summed E-state index contributed by atoms with van der Waals surface area (Å²) in [4.78, 5) is 11.4. The van der Waals surface area contributed by atoms with Gasteiger partial charge in [0.1, 0.15) is 0 Å². The summed E-state index contributed by atoms with van der Waals surface area (Å²) >= 11 is 0. The fourth-order valence-electron chi connectivity index (χ4n) is 1.39. The Bertz CT molecular complexity index is 476. The highest BCUT2D eigenvalue weighted by Crippen LogP contribution is 2.19. The molecule has 0 bridgehead atoms. The average molecular weight is 295 g/mol. The van der Waals surface area contributed by atoms with Crippen LogP contribution < -0.4 is 10.1 Å². The van der Waals surface area contributed by atoms with Crippen LogP contribution in [-0.4, -0.2) is 36.9 Å². The molecule has 0 spiro atoms. The Balaban J connectivity index is 2.53. The number of alkyl halides is 3. The summed E-state index contributed by atoms with van der Waals surface area (Å²) in [7, 11) is 1.28. The molecular weight excluding hydrogens is 282 g/mol. The molecule has 1 atom stereocenters. The SMILES string of the molecule is COc1ccc(CC(=O)NCC(O)C(F)(F)F)cc1F. The number of carbonyl (C=O) groups excluding carboxylic acids is 1. The first-order chi connectivity index (χ1) is 9.24. The molecule has 0 saturated carbocycles. The van der Waals surface area contributed by atoms with Crippen LogP contribution in [-0.2, 0) is 11.2 Å². The molecule has 0 aliphatic heterocycles. The van der Waals surface area contributed by atoms with Gasteiger partial charge in [-0.2, -0.15) is 13.2 Å². The third-order valence-corrected chi connectivity index (χ3v) is 2.45. The van der Waals surface area contributed by atoms with E-state index < -0.39 is 30.5 Å². The van der Waals surface area contributed by atoms with Gasteiger partial charge in [-0.3, -0.25) is 4.79 Å². The van der Waals surface area contributed by atoms with Gasteiger partial charge in [0, 0.05) is 0 Å². The summed E-state index contributed by atoms with van der Waals surface area (Å²) in [6, 6.07) is 3.78. The Morgan fingerprint density at radius 2 is 2.10 bits per heavy atom. The predicted octanol–water partition coefficient (Wildman–Crippen LogP) is 1.42. The third-order valence-electron chi connectivity index (χ3n) is 2.45. The van der Waals surface area contributed by atoms with Crippen molar-refractivity contribution in [1.29, 1.82) is 0 Å². The lowest BCUT2D eigenvalue weighted by Gasteiger charge is -2.15. The van der Waals surface area contributed by atoms with Gasteiger partial charge in [-0.15, -0.1) is 0 Å². The van der Waals surface area contributed by atoms with E-state index in [1.54, 1.807) is 0 Å². The lowest BCUT2D eigenvalue weighted by molar-refractivity contribution is -0.201. The predicted molar refractivity (Wildman–Crippen MR) is 61.7 cm³/mol. The summed E-state index contributed by atoms with van der Waals surface area (Å²) in [5.74, 6) is -1.42. The number of aliphatic hydroxyl groups excluding tert-OH is 1. The van der Waals surface area contributed by atoms with Gasteiger partial charge in [0.25, 0.3) is 0 Å². The van der Waals surface area contributed by atoms with Crippen molar-refractivity contribution >= 4 is 5.91 Å². The second-order valence-corrected chi connectivity index (χ2v) is 4.01. The van der Waals surface area contributed by atoms with E-state index in [2.05, 4.69) is 4.74 Å². The van der Waals surface area contributed by atoms with Crippen molar-refractivity contribution in [3.8, 4) is 5.75 Å². The topological polar surface area (TPSA) is 58.6 Å². The number of hydrogen-bond donors (Lipinski definition) is 2. The highest BCUT2D eigenvalue weighted by molar-refractivity contribution is 5.78. The lowest BCUT2D eigenvalue weighted by atomic mass is 10.1.